The molecule has 0 saturated carbocycles. The van der Waals surface area contributed by atoms with Crippen molar-refractivity contribution in [2.45, 2.75) is 37.2 Å². The molecule has 0 spiro atoms. The van der Waals surface area contributed by atoms with Gasteiger partial charge < -0.3 is 10.6 Å². The number of piperazine rings is 1. The van der Waals surface area contributed by atoms with Crippen molar-refractivity contribution in [3.8, 4) is 0 Å². The fraction of sp³-hybridized carbons (Fsp3) is 0.400. The van der Waals surface area contributed by atoms with E-state index in [9.17, 15) is 28.8 Å². The minimum absolute atomic E-state index is 0.0993. The van der Waals surface area contributed by atoms with Crippen LogP contribution in [0.2, 0.25) is 0 Å². The van der Waals surface area contributed by atoms with Crippen LogP contribution in [0.5, 0.6) is 0 Å². The van der Waals surface area contributed by atoms with E-state index < -0.39 is 10.5 Å². The molecule has 2 aromatic carbocycles. The number of thioether (sulfide) groups is 2. The van der Waals surface area contributed by atoms with Crippen molar-refractivity contribution >= 4 is 69.0 Å². The van der Waals surface area contributed by atoms with Gasteiger partial charge in [-0.3, -0.25) is 48.4 Å². The summed E-state index contributed by atoms with van der Waals surface area (Å²) < 4.78 is 0. The van der Waals surface area contributed by atoms with Crippen molar-refractivity contribution in [2.75, 3.05) is 50.1 Å². The average Bonchev–Trinajstić information content (AvgIpc) is 3.40. The molecule has 0 radical (unpaired) electrons. The van der Waals surface area contributed by atoms with E-state index in [0.717, 1.165) is 34.7 Å². The van der Waals surface area contributed by atoms with Crippen molar-refractivity contribution < 1.29 is 28.8 Å². The van der Waals surface area contributed by atoms with Gasteiger partial charge in [0.2, 0.25) is 23.6 Å². The summed E-state index contributed by atoms with van der Waals surface area (Å²) in [6, 6.07) is 14.6. The molecule has 6 amide bonds. The van der Waals surface area contributed by atoms with Crippen molar-refractivity contribution in [3.63, 3.8) is 0 Å². The lowest BCUT2D eigenvalue weighted by atomic mass is 10.2. The van der Waals surface area contributed by atoms with Crippen LogP contribution in [0.1, 0.15) is 24.0 Å². The second-order valence-corrected chi connectivity index (χ2v) is 13.3. The summed E-state index contributed by atoms with van der Waals surface area (Å²) in [4.78, 5) is 82.4. The lowest BCUT2D eigenvalue weighted by Gasteiger charge is -2.37. The second-order valence-electron chi connectivity index (χ2n) is 11.0. The van der Waals surface area contributed by atoms with Crippen LogP contribution in [-0.4, -0.2) is 104 Å². The Morgan fingerprint density at radius 1 is 0.636 bits per heavy atom. The molecule has 44 heavy (non-hydrogen) atoms. The van der Waals surface area contributed by atoms with Gasteiger partial charge in [0.15, 0.2) is 0 Å². The van der Waals surface area contributed by atoms with Gasteiger partial charge in [-0.2, -0.15) is 0 Å². The lowest BCUT2D eigenvalue weighted by Crippen LogP contribution is -2.53. The molecule has 5 rings (SSSR count). The molecule has 3 saturated heterocycles. The van der Waals surface area contributed by atoms with Crippen molar-refractivity contribution in [2.24, 2.45) is 0 Å². The first kappa shape index (κ1) is 31.7. The minimum Gasteiger partial charge on any atom is -0.326 e. The van der Waals surface area contributed by atoms with E-state index in [4.69, 9.17) is 0 Å². The van der Waals surface area contributed by atoms with Gasteiger partial charge in [-0.1, -0.05) is 58.9 Å². The van der Waals surface area contributed by atoms with E-state index in [-0.39, 0.29) is 60.3 Å². The smallest absolute Gasteiger partial charge is 0.290 e. The van der Waals surface area contributed by atoms with E-state index in [0.29, 0.717) is 37.6 Å². The fourth-order valence-electron chi connectivity index (χ4n) is 5.02. The van der Waals surface area contributed by atoms with Gasteiger partial charge in [0.05, 0.1) is 13.3 Å². The maximum Gasteiger partial charge on any atom is 0.290 e. The molecule has 232 valence electrons. The molecule has 3 aliphatic heterocycles. The summed E-state index contributed by atoms with van der Waals surface area (Å²) in [5.74, 6) is -1.43. The average molecular weight is 639 g/mol. The number of carbonyl (C=O) groups is 6. The topological polar surface area (TPSA) is 139 Å². The van der Waals surface area contributed by atoms with Crippen LogP contribution < -0.4 is 10.6 Å². The summed E-state index contributed by atoms with van der Waals surface area (Å²) in [5.41, 5.74) is 3.39. The van der Waals surface area contributed by atoms with Gasteiger partial charge in [0.25, 0.3) is 10.5 Å². The van der Waals surface area contributed by atoms with E-state index in [1.165, 1.54) is 9.80 Å². The zero-order chi connectivity index (χ0) is 31.4. The van der Waals surface area contributed by atoms with Gasteiger partial charge in [-0.15, -0.1) is 0 Å². The van der Waals surface area contributed by atoms with Crippen molar-refractivity contribution in [3.05, 3.63) is 59.7 Å². The Labute approximate surface area is 263 Å². The fourth-order valence-corrected chi connectivity index (χ4v) is 6.98. The second kappa shape index (κ2) is 13.9. The molecule has 2 aromatic rings. The standard InChI is InChI=1S/C30H34N6O6S2/c1-19-3-7-21(8-4-19)31-25(37)15-23-27(39)35(29(41)43-23)17-33-11-13-34(14-12-33)18-36-28(40)24(44-30(36)42)16-26(38)32-22-9-5-20(2)6-10-22/h3-10,23-24H,11-18H2,1-2H3,(H,31,37)(H,32,38). The first-order valence-corrected chi connectivity index (χ1v) is 16.0. The number of nitrogens with zero attached hydrogens (tertiary/aromatic N) is 4. The molecule has 12 nitrogen and oxygen atoms in total. The van der Waals surface area contributed by atoms with Crippen LogP contribution in [0.3, 0.4) is 0 Å². The number of anilines is 2. The van der Waals surface area contributed by atoms with Crippen LogP contribution in [0.25, 0.3) is 0 Å². The zero-order valence-corrected chi connectivity index (χ0v) is 26.1. The number of amides is 6. The largest absolute Gasteiger partial charge is 0.326 e. The lowest BCUT2D eigenvalue weighted by molar-refractivity contribution is -0.131. The zero-order valence-electron chi connectivity index (χ0n) is 24.5. The van der Waals surface area contributed by atoms with E-state index in [1.807, 2.05) is 47.9 Å². The highest BCUT2D eigenvalue weighted by Crippen LogP contribution is 2.31. The third-order valence-electron chi connectivity index (χ3n) is 7.57. The van der Waals surface area contributed by atoms with Gasteiger partial charge >= 0.3 is 0 Å². The summed E-state index contributed by atoms with van der Waals surface area (Å²) in [7, 11) is 0. The van der Waals surface area contributed by atoms with E-state index in [1.54, 1.807) is 24.3 Å². The third kappa shape index (κ3) is 7.86. The van der Waals surface area contributed by atoms with Gasteiger partial charge in [0, 0.05) is 50.4 Å². The number of aryl methyl sites for hydroxylation is 2. The Bertz CT molecular complexity index is 1340. The summed E-state index contributed by atoms with van der Waals surface area (Å²) in [6.45, 7) is 6.20. The van der Waals surface area contributed by atoms with Gasteiger partial charge in [-0.25, -0.2) is 0 Å². The molecular formula is C30H34N6O6S2. The maximum atomic E-state index is 13.0. The molecule has 0 bridgehead atoms. The Balaban J connectivity index is 1.05. The molecule has 3 aliphatic rings. The first-order chi connectivity index (χ1) is 21.0. The van der Waals surface area contributed by atoms with E-state index >= 15 is 0 Å². The SMILES string of the molecule is Cc1ccc(NC(=O)CC2SC(=O)N(CN3CCN(CN4C(=O)SC(CC(=O)Nc5ccc(C)cc5)C4=O)CC3)C2=O)cc1. The molecule has 3 heterocycles. The Morgan fingerprint density at radius 3 is 1.32 bits per heavy atom. The number of imide groups is 2. The molecule has 0 aromatic heterocycles. The number of rotatable bonds is 10. The molecule has 2 atom stereocenters. The van der Waals surface area contributed by atoms with Crippen LogP contribution in [-0.2, 0) is 19.2 Å². The molecule has 0 aliphatic carbocycles. The normalized spacial score (nSPS) is 21.3. The van der Waals surface area contributed by atoms with Crippen LogP contribution in [0.4, 0.5) is 21.0 Å². The van der Waals surface area contributed by atoms with E-state index in [2.05, 4.69) is 10.6 Å². The highest BCUT2D eigenvalue weighted by atomic mass is 32.2. The Morgan fingerprint density at radius 2 is 0.977 bits per heavy atom. The minimum atomic E-state index is -0.772. The Kier molecular flexibility index (Phi) is 10.0. The van der Waals surface area contributed by atoms with Gasteiger partial charge in [0.1, 0.15) is 10.5 Å². The van der Waals surface area contributed by atoms with Crippen molar-refractivity contribution in [1.82, 2.24) is 19.6 Å². The predicted octanol–water partition coefficient (Wildman–Crippen LogP) is 3.32. The summed E-state index contributed by atoms with van der Waals surface area (Å²) in [5, 5.41) is 3.23. The van der Waals surface area contributed by atoms with Crippen LogP contribution in [0.15, 0.2) is 48.5 Å². The van der Waals surface area contributed by atoms with Crippen LogP contribution in [0, 0.1) is 13.8 Å². The van der Waals surface area contributed by atoms with Gasteiger partial charge in [-0.05, 0) is 38.1 Å². The monoisotopic (exact) mass is 638 g/mol. The molecule has 3 fully saturated rings. The first-order valence-electron chi connectivity index (χ1n) is 14.3. The highest BCUT2D eigenvalue weighted by Gasteiger charge is 2.43. The predicted molar refractivity (Wildman–Crippen MR) is 169 cm³/mol. The highest BCUT2D eigenvalue weighted by molar-refractivity contribution is 8.15. The maximum absolute atomic E-state index is 13.0. The molecule has 2 unspecified atom stereocenters. The summed E-state index contributed by atoms with van der Waals surface area (Å²) in [6.07, 6.45) is -0.199. The van der Waals surface area contributed by atoms with Crippen LogP contribution >= 0.6 is 23.5 Å². The quantitative estimate of drug-likeness (QED) is 0.399. The van der Waals surface area contributed by atoms with Crippen molar-refractivity contribution in [1.29, 1.82) is 0 Å². The number of benzene rings is 2. The Hall–Kier alpha value is -3.72. The number of hydrogen-bond acceptors (Lipinski definition) is 10. The molecule has 14 heteroatoms. The third-order valence-corrected chi connectivity index (χ3v) is 9.72. The number of hydrogen-bond donors (Lipinski definition) is 2. The number of nitrogens with one attached hydrogen (secondary N) is 2. The molecular weight excluding hydrogens is 605 g/mol. The summed E-state index contributed by atoms with van der Waals surface area (Å²) >= 11 is 1.73. The molecule has 2 N–H and O–H groups in total. The number of carbonyl (C=O) groups excluding carboxylic acids is 6.